The summed E-state index contributed by atoms with van der Waals surface area (Å²) >= 11 is 0. The Kier molecular flexibility index (Phi) is 2.18. The Bertz CT molecular complexity index is 658. The molecule has 4 nitrogen and oxygen atoms in total. The van der Waals surface area contributed by atoms with E-state index >= 15 is 0 Å². The maximum Gasteiger partial charge on any atom is 0.137 e. The smallest absolute Gasteiger partial charge is 0.137 e. The molecule has 17 heavy (non-hydrogen) atoms. The fraction of sp³-hybridized carbons (Fsp3) is 0.167. The van der Waals surface area contributed by atoms with Crippen molar-refractivity contribution in [1.29, 1.82) is 0 Å². The Labute approximate surface area is 96.7 Å². The van der Waals surface area contributed by atoms with Gasteiger partial charge in [0.05, 0.1) is 6.54 Å². The van der Waals surface area contributed by atoms with Gasteiger partial charge in [-0.3, -0.25) is 0 Å². The number of aromatic nitrogens is 3. The molecule has 0 bridgehead atoms. The van der Waals surface area contributed by atoms with E-state index in [9.17, 15) is 4.39 Å². The molecule has 0 radical (unpaired) electrons. The molecule has 0 N–H and O–H groups in total. The topological polar surface area (TPSA) is 43.9 Å². The predicted octanol–water partition coefficient (Wildman–Crippen LogP) is 2.52. The van der Waals surface area contributed by atoms with Crippen molar-refractivity contribution in [2.75, 3.05) is 0 Å². The number of nitrogens with zero attached hydrogens (tertiary/aromatic N) is 3. The maximum absolute atomic E-state index is 13.1. The van der Waals surface area contributed by atoms with Crippen LogP contribution in [-0.4, -0.2) is 14.8 Å². The van der Waals surface area contributed by atoms with Crippen LogP contribution >= 0.6 is 0 Å². The zero-order valence-electron chi connectivity index (χ0n) is 9.22. The van der Waals surface area contributed by atoms with Crippen LogP contribution in [0.2, 0.25) is 0 Å². The molecule has 0 saturated carbocycles. The summed E-state index contributed by atoms with van der Waals surface area (Å²) in [5.41, 5.74) is 1.57. The lowest BCUT2D eigenvalue weighted by atomic mass is 10.1. The summed E-state index contributed by atoms with van der Waals surface area (Å²) < 4.78 is 20.3. The second-order valence-corrected chi connectivity index (χ2v) is 3.87. The highest BCUT2D eigenvalue weighted by molar-refractivity contribution is 5.82. The number of rotatable bonds is 2. The molecule has 0 atom stereocenters. The molecule has 0 aliphatic heterocycles. The van der Waals surface area contributed by atoms with Gasteiger partial charge in [0.25, 0.3) is 0 Å². The van der Waals surface area contributed by atoms with Gasteiger partial charge in [-0.2, -0.15) is 5.10 Å². The molecule has 0 spiro atoms. The van der Waals surface area contributed by atoms with Gasteiger partial charge < -0.3 is 4.42 Å². The molecule has 0 saturated heterocycles. The third-order valence-corrected chi connectivity index (χ3v) is 2.74. The molecular formula is C12H10FN3O. The Morgan fingerprint density at radius 2 is 2.29 bits per heavy atom. The fourth-order valence-electron chi connectivity index (χ4n) is 1.92. The highest BCUT2D eigenvalue weighted by Crippen LogP contribution is 2.26. The summed E-state index contributed by atoms with van der Waals surface area (Å²) in [6, 6.07) is 4.56. The fourth-order valence-corrected chi connectivity index (χ4v) is 1.92. The van der Waals surface area contributed by atoms with Crippen LogP contribution in [0.3, 0.4) is 0 Å². The van der Waals surface area contributed by atoms with Gasteiger partial charge in [0.1, 0.15) is 29.8 Å². The summed E-state index contributed by atoms with van der Waals surface area (Å²) in [5, 5.41) is 4.96. The van der Waals surface area contributed by atoms with Gasteiger partial charge in [-0.05, 0) is 19.1 Å². The molecular weight excluding hydrogens is 221 g/mol. The average molecular weight is 231 g/mol. The van der Waals surface area contributed by atoms with E-state index in [1.54, 1.807) is 17.1 Å². The van der Waals surface area contributed by atoms with E-state index in [1.165, 1.54) is 18.5 Å². The number of fused-ring (bicyclic) bond motifs is 1. The quantitative estimate of drug-likeness (QED) is 0.680. The van der Waals surface area contributed by atoms with Gasteiger partial charge in [0.2, 0.25) is 0 Å². The molecule has 3 rings (SSSR count). The Hall–Kier alpha value is -2.17. The lowest BCUT2D eigenvalue weighted by molar-refractivity contribution is 0.558. The van der Waals surface area contributed by atoms with Crippen molar-refractivity contribution in [2.45, 2.75) is 13.5 Å². The largest absolute Gasteiger partial charge is 0.461 e. The van der Waals surface area contributed by atoms with E-state index in [0.717, 1.165) is 16.7 Å². The lowest BCUT2D eigenvalue weighted by Crippen LogP contribution is -2.00. The molecule has 0 amide bonds. The highest BCUT2D eigenvalue weighted by atomic mass is 19.1. The minimum absolute atomic E-state index is 0.293. The van der Waals surface area contributed by atoms with E-state index in [1.807, 2.05) is 6.92 Å². The molecule has 0 aliphatic carbocycles. The van der Waals surface area contributed by atoms with Crippen molar-refractivity contribution in [3.63, 3.8) is 0 Å². The maximum atomic E-state index is 13.1. The van der Waals surface area contributed by atoms with E-state index in [4.69, 9.17) is 4.42 Å². The molecule has 0 unspecified atom stereocenters. The number of furan rings is 1. The molecule has 3 aromatic rings. The predicted molar refractivity (Wildman–Crippen MR) is 60.0 cm³/mol. The van der Waals surface area contributed by atoms with E-state index < -0.39 is 0 Å². The molecule has 2 aromatic heterocycles. The van der Waals surface area contributed by atoms with Crippen LogP contribution < -0.4 is 0 Å². The first kappa shape index (κ1) is 10.0. The first-order chi connectivity index (χ1) is 8.24. The monoisotopic (exact) mass is 231 g/mol. The molecule has 5 heteroatoms. The van der Waals surface area contributed by atoms with Crippen molar-refractivity contribution < 1.29 is 8.81 Å². The van der Waals surface area contributed by atoms with Gasteiger partial charge in [-0.25, -0.2) is 14.1 Å². The van der Waals surface area contributed by atoms with Crippen molar-refractivity contribution in [2.24, 2.45) is 0 Å². The zero-order chi connectivity index (χ0) is 11.8. The number of hydrogen-bond acceptors (Lipinski definition) is 3. The van der Waals surface area contributed by atoms with E-state index in [2.05, 4.69) is 10.1 Å². The second kappa shape index (κ2) is 3.69. The van der Waals surface area contributed by atoms with Crippen molar-refractivity contribution in [3.8, 4) is 0 Å². The molecule has 0 fully saturated rings. The normalized spacial score (nSPS) is 11.2. The first-order valence-electron chi connectivity index (χ1n) is 5.24. The zero-order valence-corrected chi connectivity index (χ0v) is 9.22. The molecule has 0 aliphatic rings. The second-order valence-electron chi connectivity index (χ2n) is 3.87. The number of halogens is 1. The SMILES string of the molecule is Cc1oc2cc(F)ccc2c1Cn1cncn1. The summed E-state index contributed by atoms with van der Waals surface area (Å²) in [4.78, 5) is 3.89. The van der Waals surface area contributed by atoms with Gasteiger partial charge in [-0.15, -0.1) is 0 Å². The van der Waals surface area contributed by atoms with Crippen LogP contribution in [0.4, 0.5) is 4.39 Å². The third-order valence-electron chi connectivity index (χ3n) is 2.74. The minimum atomic E-state index is -0.293. The van der Waals surface area contributed by atoms with Crippen molar-refractivity contribution >= 4 is 11.0 Å². The number of aryl methyl sites for hydroxylation is 1. The van der Waals surface area contributed by atoms with Gasteiger partial charge in [-0.1, -0.05) is 0 Å². The molecule has 86 valence electrons. The minimum Gasteiger partial charge on any atom is -0.461 e. The van der Waals surface area contributed by atoms with Crippen LogP contribution in [-0.2, 0) is 6.54 Å². The van der Waals surface area contributed by atoms with Crippen LogP contribution in [0, 0.1) is 12.7 Å². The summed E-state index contributed by atoms with van der Waals surface area (Å²) in [7, 11) is 0. The molecule has 1 aromatic carbocycles. The van der Waals surface area contributed by atoms with Crippen molar-refractivity contribution in [3.05, 3.63) is 48.0 Å². The van der Waals surface area contributed by atoms with E-state index in [0.29, 0.717) is 12.1 Å². The van der Waals surface area contributed by atoms with Crippen LogP contribution in [0.5, 0.6) is 0 Å². The van der Waals surface area contributed by atoms with Crippen LogP contribution in [0.1, 0.15) is 11.3 Å². The standard InChI is InChI=1S/C12H10FN3O/c1-8-11(5-16-7-14-6-15-16)10-3-2-9(13)4-12(10)17-8/h2-4,6-7H,5H2,1H3. The van der Waals surface area contributed by atoms with E-state index in [-0.39, 0.29) is 5.82 Å². The molecule has 2 heterocycles. The Morgan fingerprint density at radius 1 is 1.41 bits per heavy atom. The van der Waals surface area contributed by atoms with Gasteiger partial charge >= 0.3 is 0 Å². The van der Waals surface area contributed by atoms with Gasteiger partial charge in [0, 0.05) is 17.0 Å². The van der Waals surface area contributed by atoms with Gasteiger partial charge in [0.15, 0.2) is 0 Å². The van der Waals surface area contributed by atoms with Crippen LogP contribution in [0.25, 0.3) is 11.0 Å². The Balaban J connectivity index is 2.12. The Morgan fingerprint density at radius 3 is 3.06 bits per heavy atom. The summed E-state index contributed by atoms with van der Waals surface area (Å²) in [5.74, 6) is 0.486. The highest BCUT2D eigenvalue weighted by Gasteiger charge is 2.12. The summed E-state index contributed by atoms with van der Waals surface area (Å²) in [6.07, 6.45) is 3.12. The number of benzene rings is 1. The summed E-state index contributed by atoms with van der Waals surface area (Å²) in [6.45, 7) is 2.44. The number of hydrogen-bond donors (Lipinski definition) is 0. The van der Waals surface area contributed by atoms with Crippen LogP contribution in [0.15, 0.2) is 35.3 Å². The van der Waals surface area contributed by atoms with Crippen molar-refractivity contribution in [1.82, 2.24) is 14.8 Å². The lowest BCUT2D eigenvalue weighted by Gasteiger charge is -1.99. The first-order valence-corrected chi connectivity index (χ1v) is 5.24. The third kappa shape index (κ3) is 1.69. The average Bonchev–Trinajstić information content (AvgIpc) is 2.88.